The number of urea groups is 1. The number of anilines is 1. The quantitative estimate of drug-likeness (QED) is 0.505. The molecule has 0 spiro atoms. The molecule has 210 valence electrons. The van der Waals surface area contributed by atoms with Gasteiger partial charge in [-0.3, -0.25) is 14.7 Å². The molecule has 1 unspecified atom stereocenters. The second-order valence-electron chi connectivity index (χ2n) is 12.7. The maximum Gasteiger partial charge on any atom is 0.322 e. The summed E-state index contributed by atoms with van der Waals surface area (Å²) >= 11 is 0. The number of benzene rings is 2. The van der Waals surface area contributed by atoms with Crippen molar-refractivity contribution < 1.29 is 14.4 Å². The summed E-state index contributed by atoms with van der Waals surface area (Å²) in [5.41, 5.74) is 5.13. The highest BCUT2D eigenvalue weighted by Crippen LogP contribution is 2.33. The number of carbonyl (C=O) groups is 3. The highest BCUT2D eigenvalue weighted by Gasteiger charge is 2.37. The molecule has 0 saturated carbocycles. The van der Waals surface area contributed by atoms with Crippen LogP contribution in [-0.4, -0.2) is 68.4 Å². The lowest BCUT2D eigenvalue weighted by Crippen LogP contribution is -2.51. The summed E-state index contributed by atoms with van der Waals surface area (Å²) < 4.78 is 0. The molecule has 2 N–H and O–H groups in total. The van der Waals surface area contributed by atoms with Gasteiger partial charge in [0.25, 0.3) is 0 Å². The minimum Gasteiger partial charge on any atom is -0.343 e. The van der Waals surface area contributed by atoms with Gasteiger partial charge in [-0.05, 0) is 53.5 Å². The first-order chi connectivity index (χ1) is 19.2. The Labute approximate surface area is 234 Å². The number of para-hydroxylation sites is 1. The van der Waals surface area contributed by atoms with Crippen molar-refractivity contribution in [2.45, 2.75) is 65.6 Å². The van der Waals surface area contributed by atoms with E-state index in [1.165, 1.54) is 0 Å². The Bertz CT molecular complexity index is 1450. The Kier molecular flexibility index (Phi) is 6.76. The average molecular weight is 543 g/mol. The van der Waals surface area contributed by atoms with Crippen molar-refractivity contribution in [3.63, 3.8) is 0 Å². The van der Waals surface area contributed by atoms with E-state index in [4.69, 9.17) is 0 Å². The lowest BCUT2D eigenvalue weighted by Gasteiger charge is -2.41. The van der Waals surface area contributed by atoms with Crippen molar-refractivity contribution in [3.05, 3.63) is 59.3 Å². The first-order valence-corrected chi connectivity index (χ1v) is 14.3. The van der Waals surface area contributed by atoms with Gasteiger partial charge in [0.05, 0.1) is 17.6 Å². The average Bonchev–Trinajstić information content (AvgIpc) is 3.37. The number of aromatic amines is 1. The van der Waals surface area contributed by atoms with E-state index in [-0.39, 0.29) is 35.7 Å². The predicted octanol–water partition coefficient (Wildman–Crippen LogP) is 4.54. The second-order valence-corrected chi connectivity index (χ2v) is 12.7. The van der Waals surface area contributed by atoms with E-state index in [0.717, 1.165) is 46.1 Å². The molecule has 1 atom stereocenters. The first kappa shape index (κ1) is 26.3. The molecule has 1 aromatic heterocycles. The highest BCUT2D eigenvalue weighted by molar-refractivity contribution is 5.92. The highest BCUT2D eigenvalue weighted by atomic mass is 16.2. The van der Waals surface area contributed by atoms with E-state index in [1.54, 1.807) is 0 Å². The van der Waals surface area contributed by atoms with Gasteiger partial charge in [-0.1, -0.05) is 45.0 Å². The van der Waals surface area contributed by atoms with Crippen LogP contribution in [0.4, 0.5) is 10.5 Å². The number of nitrogens with one attached hydrogen (secondary N) is 2. The monoisotopic (exact) mass is 542 g/mol. The second kappa shape index (κ2) is 10.3. The Morgan fingerprint density at radius 1 is 1.02 bits per heavy atom. The smallest absolute Gasteiger partial charge is 0.322 e. The molecule has 9 nitrogen and oxygen atoms in total. The van der Waals surface area contributed by atoms with E-state index in [0.29, 0.717) is 39.1 Å². The molecular formula is C31H38N6O3. The number of amides is 4. The van der Waals surface area contributed by atoms with Crippen LogP contribution in [0, 0.1) is 11.3 Å². The standard InChI is InChI=1S/C31H38N6O3/c1-31(2,3)19-36-18-25-20(8-9-27-24(25)16-32-34-27)14-22(29(36)39)15-28(38)35-12-10-23(11-13-35)37-17-21-6-4-5-7-26(21)33-30(37)40/h4-9,16,22-23H,10-15,17-19H2,1-3H3,(H,32,34)(H,33,40). The number of hydrogen-bond donors (Lipinski definition) is 2. The molecule has 0 radical (unpaired) electrons. The van der Waals surface area contributed by atoms with Crippen molar-refractivity contribution in [2.24, 2.45) is 11.3 Å². The van der Waals surface area contributed by atoms with Gasteiger partial charge in [0, 0.05) is 56.3 Å². The molecule has 3 aromatic rings. The van der Waals surface area contributed by atoms with Crippen molar-refractivity contribution in [3.8, 4) is 0 Å². The van der Waals surface area contributed by atoms with Crippen LogP contribution in [0.5, 0.6) is 0 Å². The third-order valence-corrected chi connectivity index (χ3v) is 8.51. The molecule has 4 heterocycles. The summed E-state index contributed by atoms with van der Waals surface area (Å²) in [6.07, 6.45) is 4.05. The molecule has 3 aliphatic heterocycles. The number of likely N-dealkylation sites (tertiary alicyclic amines) is 1. The maximum absolute atomic E-state index is 13.9. The normalized spacial score (nSPS) is 20.3. The number of hydrogen-bond acceptors (Lipinski definition) is 4. The van der Waals surface area contributed by atoms with Gasteiger partial charge in [-0.15, -0.1) is 0 Å². The molecule has 1 fully saturated rings. The van der Waals surface area contributed by atoms with Crippen LogP contribution in [0.3, 0.4) is 0 Å². The van der Waals surface area contributed by atoms with Gasteiger partial charge in [-0.25, -0.2) is 4.79 Å². The lowest BCUT2D eigenvalue weighted by molar-refractivity contribution is -0.142. The molecular weight excluding hydrogens is 504 g/mol. The van der Waals surface area contributed by atoms with Crippen LogP contribution in [-0.2, 0) is 29.1 Å². The molecule has 0 aliphatic carbocycles. The fraction of sp³-hybridized carbons (Fsp3) is 0.484. The van der Waals surface area contributed by atoms with Gasteiger partial charge in [-0.2, -0.15) is 5.10 Å². The zero-order valence-corrected chi connectivity index (χ0v) is 23.6. The summed E-state index contributed by atoms with van der Waals surface area (Å²) in [5, 5.41) is 11.3. The number of rotatable bonds is 4. The number of piperidine rings is 1. The molecule has 40 heavy (non-hydrogen) atoms. The third-order valence-electron chi connectivity index (χ3n) is 8.51. The maximum atomic E-state index is 13.9. The summed E-state index contributed by atoms with van der Waals surface area (Å²) in [7, 11) is 0. The van der Waals surface area contributed by atoms with Gasteiger partial charge < -0.3 is 20.0 Å². The first-order valence-electron chi connectivity index (χ1n) is 14.3. The Balaban J connectivity index is 1.14. The van der Waals surface area contributed by atoms with Crippen molar-refractivity contribution >= 4 is 34.4 Å². The van der Waals surface area contributed by atoms with E-state index in [1.807, 2.05) is 51.2 Å². The fourth-order valence-electron chi connectivity index (χ4n) is 6.53. The fourth-order valence-corrected chi connectivity index (χ4v) is 6.53. The molecule has 1 saturated heterocycles. The van der Waals surface area contributed by atoms with E-state index >= 15 is 0 Å². The van der Waals surface area contributed by atoms with E-state index < -0.39 is 5.92 Å². The van der Waals surface area contributed by atoms with Crippen LogP contribution >= 0.6 is 0 Å². The molecule has 3 aliphatic rings. The third kappa shape index (κ3) is 5.17. The van der Waals surface area contributed by atoms with E-state index in [9.17, 15) is 14.4 Å². The predicted molar refractivity (Wildman–Crippen MR) is 153 cm³/mol. The minimum atomic E-state index is -0.400. The van der Waals surface area contributed by atoms with Crippen molar-refractivity contribution in [1.29, 1.82) is 0 Å². The Morgan fingerprint density at radius 3 is 2.58 bits per heavy atom. The molecule has 9 heteroatoms. The van der Waals surface area contributed by atoms with Crippen LogP contribution in [0.25, 0.3) is 10.9 Å². The van der Waals surface area contributed by atoms with E-state index in [2.05, 4.69) is 42.4 Å². The van der Waals surface area contributed by atoms with Gasteiger partial charge in [0.2, 0.25) is 11.8 Å². The van der Waals surface area contributed by atoms with Crippen molar-refractivity contribution in [2.75, 3.05) is 25.0 Å². The minimum absolute atomic E-state index is 0.0220. The molecule has 2 aromatic carbocycles. The molecule has 6 rings (SSSR count). The largest absolute Gasteiger partial charge is 0.343 e. The Hall–Kier alpha value is -3.88. The van der Waals surface area contributed by atoms with Crippen LogP contribution in [0.2, 0.25) is 0 Å². The number of nitrogens with zero attached hydrogens (tertiary/aromatic N) is 4. The summed E-state index contributed by atoms with van der Waals surface area (Å²) in [4.78, 5) is 45.9. The number of H-pyrrole nitrogens is 1. The number of fused-ring (bicyclic) bond motifs is 4. The van der Waals surface area contributed by atoms with Crippen LogP contribution < -0.4 is 5.32 Å². The zero-order valence-electron chi connectivity index (χ0n) is 23.6. The SMILES string of the molecule is CC(C)(C)CN1Cc2c(ccc3[nH]ncc23)CC(CC(=O)N2CCC(N3Cc4ccccc4NC3=O)CC2)C1=O. The summed E-state index contributed by atoms with van der Waals surface area (Å²) in [6, 6.07) is 12.0. The summed E-state index contributed by atoms with van der Waals surface area (Å²) in [5.74, 6) is -0.328. The van der Waals surface area contributed by atoms with Crippen LogP contribution in [0.15, 0.2) is 42.6 Å². The van der Waals surface area contributed by atoms with Gasteiger partial charge in [0.15, 0.2) is 0 Å². The summed E-state index contributed by atoms with van der Waals surface area (Å²) in [6.45, 7) is 9.32. The molecule has 0 bridgehead atoms. The zero-order chi connectivity index (χ0) is 28.0. The van der Waals surface area contributed by atoms with Crippen LogP contribution in [0.1, 0.15) is 56.7 Å². The number of aromatic nitrogens is 2. The topological polar surface area (TPSA) is 102 Å². The van der Waals surface area contributed by atoms with Crippen molar-refractivity contribution in [1.82, 2.24) is 24.9 Å². The van der Waals surface area contributed by atoms with Gasteiger partial charge >= 0.3 is 6.03 Å². The Morgan fingerprint density at radius 2 is 1.80 bits per heavy atom. The lowest BCUT2D eigenvalue weighted by atomic mass is 9.91. The number of carbonyl (C=O) groups excluding carboxylic acids is 3. The van der Waals surface area contributed by atoms with Gasteiger partial charge in [0.1, 0.15) is 0 Å². The molecule has 4 amide bonds.